The van der Waals surface area contributed by atoms with Crippen LogP contribution in [0.4, 0.5) is 5.95 Å². The van der Waals surface area contributed by atoms with Crippen LogP contribution in [0.1, 0.15) is 46.1 Å². The molecule has 2 N–H and O–H groups in total. The Hall–Kier alpha value is -2.80. The second kappa shape index (κ2) is 13.0. The third kappa shape index (κ3) is 6.82. The third-order valence-electron chi connectivity index (χ3n) is 7.29. The number of amides is 1. The van der Waals surface area contributed by atoms with Crippen LogP contribution in [0.2, 0.25) is 10.0 Å². The van der Waals surface area contributed by atoms with E-state index in [0.717, 1.165) is 35.2 Å². The summed E-state index contributed by atoms with van der Waals surface area (Å²) in [4.78, 5) is 34.0. The van der Waals surface area contributed by atoms with Crippen molar-refractivity contribution in [3.8, 4) is 5.75 Å². The fourth-order valence-electron chi connectivity index (χ4n) is 5.25. The zero-order valence-corrected chi connectivity index (χ0v) is 25.2. The maximum atomic E-state index is 14.0. The SMILES string of the molecule is COc1ccc(CNc2nc3c(c(=O)n2C2CCCN(SN(C)O)C2)CCN(C(=O)c2ccc(Cl)c(Cl)c2)C3)cc1. The molecule has 41 heavy (non-hydrogen) atoms. The predicted octanol–water partition coefficient (Wildman–Crippen LogP) is 4.89. The second-order valence-electron chi connectivity index (χ2n) is 10.1. The highest BCUT2D eigenvalue weighted by Gasteiger charge is 2.31. The van der Waals surface area contributed by atoms with Crippen molar-refractivity contribution in [2.75, 3.05) is 39.1 Å². The first-order chi connectivity index (χ1) is 19.7. The minimum Gasteiger partial charge on any atom is -0.497 e. The van der Waals surface area contributed by atoms with Gasteiger partial charge in [0, 0.05) is 56.5 Å². The van der Waals surface area contributed by atoms with Crippen molar-refractivity contribution < 1.29 is 14.7 Å². The smallest absolute Gasteiger partial charge is 0.258 e. The van der Waals surface area contributed by atoms with Gasteiger partial charge >= 0.3 is 0 Å². The number of hydroxylamine groups is 1. The van der Waals surface area contributed by atoms with Gasteiger partial charge < -0.3 is 20.2 Å². The lowest BCUT2D eigenvalue weighted by molar-refractivity contribution is 0.0389. The van der Waals surface area contributed by atoms with E-state index in [1.807, 2.05) is 28.6 Å². The number of methoxy groups -OCH3 is 1. The number of fused-ring (bicyclic) bond motifs is 1. The van der Waals surface area contributed by atoms with Crippen molar-refractivity contribution in [3.05, 3.63) is 85.2 Å². The number of nitrogens with one attached hydrogen (secondary N) is 1. The Bertz CT molecular complexity index is 1470. The Morgan fingerprint density at radius 3 is 2.68 bits per heavy atom. The molecule has 5 rings (SSSR count). The number of benzene rings is 2. The topological polar surface area (TPSA) is 103 Å². The molecule has 0 bridgehead atoms. The summed E-state index contributed by atoms with van der Waals surface area (Å²) in [7, 11) is 3.20. The fraction of sp³-hybridized carbons (Fsp3) is 0.393. The van der Waals surface area contributed by atoms with E-state index in [1.54, 1.807) is 41.8 Å². The number of rotatable bonds is 8. The quantitative estimate of drug-likeness (QED) is 0.270. The van der Waals surface area contributed by atoms with Crippen LogP contribution in [0, 0.1) is 0 Å². The molecular formula is C28H32Cl2N6O4S. The van der Waals surface area contributed by atoms with Gasteiger partial charge in [-0.3, -0.25) is 14.2 Å². The van der Waals surface area contributed by atoms with Gasteiger partial charge in [0.2, 0.25) is 5.95 Å². The number of aromatic nitrogens is 2. The summed E-state index contributed by atoms with van der Waals surface area (Å²) < 4.78 is 10.1. The number of carbonyl (C=O) groups excluding carboxylic acids is 1. The van der Waals surface area contributed by atoms with E-state index in [4.69, 9.17) is 32.9 Å². The number of ether oxygens (including phenoxy) is 1. The Balaban J connectivity index is 1.46. The molecular weight excluding hydrogens is 587 g/mol. The van der Waals surface area contributed by atoms with E-state index in [-0.39, 0.29) is 24.1 Å². The number of halogens is 2. The molecule has 1 amide bonds. The van der Waals surface area contributed by atoms with Gasteiger partial charge in [-0.25, -0.2) is 9.29 Å². The van der Waals surface area contributed by atoms with Crippen molar-refractivity contribution in [1.82, 2.24) is 23.2 Å². The summed E-state index contributed by atoms with van der Waals surface area (Å²) in [5.41, 5.74) is 2.55. The van der Waals surface area contributed by atoms with Gasteiger partial charge in [-0.2, -0.15) is 0 Å². The molecule has 10 nitrogen and oxygen atoms in total. The number of hydrogen-bond donors (Lipinski definition) is 2. The molecule has 1 fully saturated rings. The Morgan fingerprint density at radius 1 is 1.20 bits per heavy atom. The summed E-state index contributed by atoms with van der Waals surface area (Å²) in [6.45, 7) is 2.44. The molecule has 2 aliphatic rings. The molecule has 3 aromatic rings. The lowest BCUT2D eigenvalue weighted by Gasteiger charge is -2.35. The number of anilines is 1. The van der Waals surface area contributed by atoms with Crippen molar-refractivity contribution >= 4 is 47.2 Å². The lowest BCUT2D eigenvalue weighted by atomic mass is 10.0. The highest BCUT2D eigenvalue weighted by Crippen LogP contribution is 2.30. The van der Waals surface area contributed by atoms with E-state index in [0.29, 0.717) is 58.9 Å². The molecule has 0 spiro atoms. The molecule has 218 valence electrons. The first-order valence-corrected chi connectivity index (χ1v) is 14.8. The van der Waals surface area contributed by atoms with Crippen molar-refractivity contribution in [1.29, 1.82) is 0 Å². The summed E-state index contributed by atoms with van der Waals surface area (Å²) in [6, 6.07) is 12.4. The zero-order valence-electron chi connectivity index (χ0n) is 22.8. The van der Waals surface area contributed by atoms with Crippen LogP contribution in [0.3, 0.4) is 0 Å². The van der Waals surface area contributed by atoms with Crippen molar-refractivity contribution in [2.45, 2.75) is 38.4 Å². The molecule has 0 radical (unpaired) electrons. The van der Waals surface area contributed by atoms with E-state index in [9.17, 15) is 14.8 Å². The second-order valence-corrected chi connectivity index (χ2v) is 12.1. The lowest BCUT2D eigenvalue weighted by Crippen LogP contribution is -2.44. The van der Waals surface area contributed by atoms with E-state index >= 15 is 0 Å². The van der Waals surface area contributed by atoms with Gasteiger partial charge in [0.1, 0.15) is 5.75 Å². The van der Waals surface area contributed by atoms with Crippen LogP contribution in [-0.4, -0.2) is 68.1 Å². The maximum Gasteiger partial charge on any atom is 0.258 e. The van der Waals surface area contributed by atoms with Crippen LogP contribution < -0.4 is 15.6 Å². The molecule has 0 saturated carbocycles. The van der Waals surface area contributed by atoms with E-state index in [2.05, 4.69) is 5.32 Å². The maximum absolute atomic E-state index is 14.0. The largest absolute Gasteiger partial charge is 0.497 e. The Kier molecular flexibility index (Phi) is 9.42. The zero-order chi connectivity index (χ0) is 29.1. The number of piperidine rings is 1. The third-order valence-corrected chi connectivity index (χ3v) is 8.83. The molecule has 1 atom stereocenters. The van der Waals surface area contributed by atoms with Gasteiger partial charge in [0.25, 0.3) is 11.5 Å². The first kappa shape index (κ1) is 29.7. The molecule has 2 aromatic carbocycles. The molecule has 1 saturated heterocycles. The Morgan fingerprint density at radius 2 is 1.98 bits per heavy atom. The van der Waals surface area contributed by atoms with E-state index in [1.165, 1.54) is 12.1 Å². The summed E-state index contributed by atoms with van der Waals surface area (Å²) in [5.74, 6) is 1.03. The van der Waals surface area contributed by atoms with Gasteiger partial charge in [-0.05, 0) is 55.2 Å². The highest BCUT2D eigenvalue weighted by atomic mass is 35.5. The summed E-state index contributed by atoms with van der Waals surface area (Å²) in [6.07, 6.45) is 2.09. The van der Waals surface area contributed by atoms with Gasteiger partial charge in [-0.1, -0.05) is 35.3 Å². The molecule has 0 aliphatic carbocycles. The Labute approximate surface area is 253 Å². The van der Waals surface area contributed by atoms with Crippen LogP contribution in [0.15, 0.2) is 47.3 Å². The first-order valence-electron chi connectivity index (χ1n) is 13.3. The summed E-state index contributed by atoms with van der Waals surface area (Å²) >= 11 is 13.4. The average molecular weight is 620 g/mol. The van der Waals surface area contributed by atoms with Gasteiger partial charge in [0.15, 0.2) is 0 Å². The molecule has 13 heteroatoms. The van der Waals surface area contributed by atoms with Crippen molar-refractivity contribution in [2.24, 2.45) is 0 Å². The van der Waals surface area contributed by atoms with Gasteiger partial charge in [0.05, 0.1) is 35.4 Å². The molecule has 1 aromatic heterocycles. The van der Waals surface area contributed by atoms with Gasteiger partial charge in [-0.15, -0.1) is 4.47 Å². The van der Waals surface area contributed by atoms with Crippen LogP contribution >= 0.6 is 35.3 Å². The average Bonchev–Trinajstić information content (AvgIpc) is 2.97. The normalized spacial score (nSPS) is 17.4. The molecule has 2 aliphatic heterocycles. The van der Waals surface area contributed by atoms with Crippen LogP contribution in [0.5, 0.6) is 5.75 Å². The van der Waals surface area contributed by atoms with E-state index < -0.39 is 0 Å². The number of carbonyl (C=O) groups is 1. The number of nitrogens with zero attached hydrogens (tertiary/aromatic N) is 5. The minimum absolute atomic E-state index is 0.0944. The number of hydrogen-bond acceptors (Lipinski definition) is 9. The predicted molar refractivity (Wildman–Crippen MR) is 161 cm³/mol. The highest BCUT2D eigenvalue weighted by molar-refractivity contribution is 7.94. The van der Waals surface area contributed by atoms with Crippen LogP contribution in [-0.2, 0) is 19.5 Å². The van der Waals surface area contributed by atoms with Crippen molar-refractivity contribution in [3.63, 3.8) is 0 Å². The molecule has 1 unspecified atom stereocenters. The monoisotopic (exact) mass is 618 g/mol. The minimum atomic E-state index is -0.194. The molecule has 3 heterocycles. The van der Waals surface area contributed by atoms with Crippen LogP contribution in [0.25, 0.3) is 0 Å². The fourth-order valence-corrected chi connectivity index (χ4v) is 6.33. The summed E-state index contributed by atoms with van der Waals surface area (Å²) in [5, 5.41) is 13.8. The standard InChI is InChI=1S/C28H32Cl2N6O4S/c1-33(39)41-35-12-3-4-20(16-35)36-27(38)22-11-13-34(26(37)19-7-10-23(29)24(30)14-19)17-25(22)32-28(36)31-15-18-5-8-21(40-2)9-6-18/h5-10,14,20,39H,3-4,11-13,15-17H2,1-2H3,(H,31,32).